The number of nitrogens with one attached hydrogen (secondary N) is 2. The van der Waals surface area contributed by atoms with Crippen LogP contribution in [0.5, 0.6) is 5.75 Å². The van der Waals surface area contributed by atoms with Gasteiger partial charge in [-0.3, -0.25) is 4.98 Å². The van der Waals surface area contributed by atoms with E-state index in [9.17, 15) is 0 Å². The molecule has 204 valence electrons. The van der Waals surface area contributed by atoms with Gasteiger partial charge in [0.2, 0.25) is 0 Å². The van der Waals surface area contributed by atoms with E-state index in [1.165, 1.54) is 18.4 Å². The Morgan fingerprint density at radius 2 is 1.88 bits per heavy atom. The number of fused-ring (bicyclic) bond motifs is 2. The molecular formula is C32H35N7O. The van der Waals surface area contributed by atoms with Gasteiger partial charge >= 0.3 is 0 Å². The Morgan fingerprint density at radius 1 is 1.02 bits per heavy atom. The highest BCUT2D eigenvalue weighted by molar-refractivity contribution is 5.98. The Balaban J connectivity index is 1.42. The van der Waals surface area contributed by atoms with Gasteiger partial charge < -0.3 is 19.9 Å². The Kier molecular flexibility index (Phi) is 5.96. The zero-order chi connectivity index (χ0) is 27.4. The lowest BCUT2D eigenvalue weighted by molar-refractivity contribution is 0.215. The van der Waals surface area contributed by atoms with Crippen molar-refractivity contribution in [2.45, 2.75) is 45.1 Å². The average molecular weight is 534 g/mol. The van der Waals surface area contributed by atoms with Gasteiger partial charge in [-0.05, 0) is 67.0 Å². The fourth-order valence-corrected chi connectivity index (χ4v) is 6.43. The molecule has 0 spiro atoms. The van der Waals surface area contributed by atoms with E-state index in [2.05, 4.69) is 58.2 Å². The molecule has 1 aliphatic carbocycles. The van der Waals surface area contributed by atoms with E-state index < -0.39 is 0 Å². The summed E-state index contributed by atoms with van der Waals surface area (Å²) < 4.78 is 5.63. The van der Waals surface area contributed by atoms with Crippen LogP contribution >= 0.6 is 0 Å². The number of hydrogen-bond donors (Lipinski definition) is 2. The molecule has 0 radical (unpaired) electrons. The lowest BCUT2D eigenvalue weighted by atomic mass is 9.79. The Hall–Kier alpha value is -4.04. The summed E-state index contributed by atoms with van der Waals surface area (Å²) in [7, 11) is 3.90. The van der Waals surface area contributed by atoms with Crippen molar-refractivity contribution in [3.05, 3.63) is 60.6 Å². The molecule has 8 nitrogen and oxygen atoms in total. The highest BCUT2D eigenvalue weighted by Gasteiger charge is 2.37. The molecule has 5 aromatic rings. The summed E-state index contributed by atoms with van der Waals surface area (Å²) in [5.41, 5.74) is 5.94. The largest absolute Gasteiger partial charge is 0.496 e. The van der Waals surface area contributed by atoms with Crippen LogP contribution in [0.15, 0.2) is 55.0 Å². The maximum absolute atomic E-state index is 5.63. The molecule has 40 heavy (non-hydrogen) atoms. The molecule has 7 rings (SSSR count). The quantitative estimate of drug-likeness (QED) is 0.279. The number of aromatic nitrogens is 5. The van der Waals surface area contributed by atoms with Crippen LogP contribution in [0.1, 0.15) is 44.6 Å². The number of piperidine rings is 1. The van der Waals surface area contributed by atoms with Gasteiger partial charge in [-0.15, -0.1) is 0 Å². The first-order valence-electron chi connectivity index (χ1n) is 14.2. The summed E-state index contributed by atoms with van der Waals surface area (Å²) in [6.07, 6.45) is 9.21. The number of nitrogens with zero attached hydrogens (tertiary/aromatic N) is 5. The van der Waals surface area contributed by atoms with E-state index in [1.807, 2.05) is 42.9 Å². The highest BCUT2D eigenvalue weighted by atomic mass is 16.5. The van der Waals surface area contributed by atoms with E-state index in [0.29, 0.717) is 17.8 Å². The standard InChI is InChI=1S/C32H35N7O/c1-32(2)18-33-13-12-27(32)39(3)31-28-23(19-9-10-19)16-34-17-25(28)37-30(38-31)20-11-14-35-29-22(20)15-24(36-29)21-7-5-6-8-26(21)40-4/h5-8,11,14-17,19,27,33H,9-10,12-13,18H2,1-4H3,(H,35,36). The van der Waals surface area contributed by atoms with E-state index in [4.69, 9.17) is 14.7 Å². The van der Waals surface area contributed by atoms with Crippen molar-refractivity contribution in [1.82, 2.24) is 30.2 Å². The number of rotatable bonds is 6. The Labute approximate surface area is 234 Å². The number of pyridine rings is 2. The number of methoxy groups -OCH3 is 1. The van der Waals surface area contributed by atoms with Crippen LogP contribution in [0.25, 0.3) is 44.6 Å². The fraction of sp³-hybridized carbons (Fsp3) is 0.375. The van der Waals surface area contributed by atoms with Gasteiger partial charge in [0, 0.05) is 53.9 Å². The van der Waals surface area contributed by atoms with Crippen LogP contribution in [0, 0.1) is 5.41 Å². The zero-order valence-corrected chi connectivity index (χ0v) is 23.5. The van der Waals surface area contributed by atoms with Gasteiger partial charge in [0.05, 0.1) is 24.5 Å². The van der Waals surface area contributed by atoms with Crippen molar-refractivity contribution >= 4 is 27.8 Å². The number of benzene rings is 1. The molecular weight excluding hydrogens is 498 g/mol. The second-order valence-electron chi connectivity index (χ2n) is 11.9. The first-order chi connectivity index (χ1) is 19.4. The van der Waals surface area contributed by atoms with Crippen molar-refractivity contribution < 1.29 is 4.74 Å². The molecule has 8 heteroatoms. The second-order valence-corrected chi connectivity index (χ2v) is 11.9. The Morgan fingerprint density at radius 3 is 2.67 bits per heavy atom. The van der Waals surface area contributed by atoms with Crippen LogP contribution in [-0.2, 0) is 0 Å². The summed E-state index contributed by atoms with van der Waals surface area (Å²) in [5.74, 6) is 3.04. The fourth-order valence-electron chi connectivity index (χ4n) is 6.43. The van der Waals surface area contributed by atoms with Gasteiger partial charge in [0.1, 0.15) is 17.2 Å². The molecule has 1 aliphatic heterocycles. The minimum Gasteiger partial charge on any atom is -0.496 e. The zero-order valence-electron chi connectivity index (χ0n) is 23.5. The molecule has 0 amide bonds. The van der Waals surface area contributed by atoms with E-state index in [1.54, 1.807) is 7.11 Å². The number of anilines is 1. The third-order valence-electron chi connectivity index (χ3n) is 8.68. The molecule has 1 saturated heterocycles. The summed E-state index contributed by atoms with van der Waals surface area (Å²) >= 11 is 0. The molecule has 1 atom stereocenters. The number of aromatic amines is 1. The summed E-state index contributed by atoms with van der Waals surface area (Å²) in [5, 5.41) is 5.70. The minimum atomic E-state index is 0.103. The molecule has 5 heterocycles. The first kappa shape index (κ1) is 25.0. The number of H-pyrrole nitrogens is 1. The normalized spacial score (nSPS) is 18.8. The van der Waals surface area contributed by atoms with E-state index >= 15 is 0 Å². The molecule has 4 aromatic heterocycles. The summed E-state index contributed by atoms with van der Waals surface area (Å²) in [6, 6.07) is 12.5. The molecule has 2 fully saturated rings. The molecule has 2 N–H and O–H groups in total. The third kappa shape index (κ3) is 4.18. The van der Waals surface area contributed by atoms with Gasteiger partial charge in [0.15, 0.2) is 5.82 Å². The van der Waals surface area contributed by atoms with Crippen LogP contribution in [-0.4, -0.2) is 58.2 Å². The smallest absolute Gasteiger partial charge is 0.163 e. The van der Waals surface area contributed by atoms with Crippen molar-refractivity contribution in [2.24, 2.45) is 5.41 Å². The predicted molar refractivity (Wildman–Crippen MR) is 160 cm³/mol. The van der Waals surface area contributed by atoms with Gasteiger partial charge in [-0.25, -0.2) is 15.0 Å². The molecule has 1 unspecified atom stereocenters. The third-order valence-corrected chi connectivity index (χ3v) is 8.68. The topological polar surface area (TPSA) is 91.8 Å². The maximum atomic E-state index is 5.63. The summed E-state index contributed by atoms with van der Waals surface area (Å²) in [6.45, 7) is 6.68. The first-order valence-corrected chi connectivity index (χ1v) is 14.2. The van der Waals surface area contributed by atoms with Crippen LogP contribution < -0.4 is 15.0 Å². The van der Waals surface area contributed by atoms with Crippen molar-refractivity contribution in [1.29, 1.82) is 0 Å². The van der Waals surface area contributed by atoms with Gasteiger partial charge in [0.25, 0.3) is 0 Å². The lowest BCUT2D eigenvalue weighted by Crippen LogP contribution is -2.53. The average Bonchev–Trinajstić information content (AvgIpc) is 3.73. The van der Waals surface area contributed by atoms with E-state index in [-0.39, 0.29) is 5.41 Å². The number of ether oxygens (including phenoxy) is 1. The van der Waals surface area contributed by atoms with E-state index in [0.717, 1.165) is 69.8 Å². The van der Waals surface area contributed by atoms with Gasteiger partial charge in [-0.2, -0.15) is 0 Å². The van der Waals surface area contributed by atoms with Crippen LogP contribution in [0.3, 0.4) is 0 Å². The van der Waals surface area contributed by atoms with Crippen molar-refractivity contribution in [2.75, 3.05) is 32.1 Å². The monoisotopic (exact) mass is 533 g/mol. The minimum absolute atomic E-state index is 0.103. The molecule has 2 aliphatic rings. The summed E-state index contributed by atoms with van der Waals surface area (Å²) in [4.78, 5) is 25.6. The van der Waals surface area contributed by atoms with Crippen molar-refractivity contribution in [3.8, 4) is 28.4 Å². The van der Waals surface area contributed by atoms with Crippen molar-refractivity contribution in [3.63, 3.8) is 0 Å². The Bertz CT molecular complexity index is 1720. The molecule has 0 bridgehead atoms. The number of para-hydroxylation sites is 1. The number of hydrogen-bond acceptors (Lipinski definition) is 7. The predicted octanol–water partition coefficient (Wildman–Crippen LogP) is 5.95. The SMILES string of the molecule is COc1ccccc1-c1cc2c(-c3nc(N(C)C4CCNCC4(C)C)c4c(C5CC5)cncc4n3)ccnc2[nH]1. The maximum Gasteiger partial charge on any atom is 0.163 e. The highest BCUT2D eigenvalue weighted by Crippen LogP contribution is 2.46. The van der Waals surface area contributed by atoms with Crippen LogP contribution in [0.4, 0.5) is 5.82 Å². The lowest BCUT2D eigenvalue weighted by Gasteiger charge is -2.45. The molecule has 1 saturated carbocycles. The molecule has 1 aromatic carbocycles. The van der Waals surface area contributed by atoms with Gasteiger partial charge in [-0.1, -0.05) is 26.0 Å². The van der Waals surface area contributed by atoms with Crippen LogP contribution in [0.2, 0.25) is 0 Å². The second kappa shape index (κ2) is 9.55.